The molecule has 4 aliphatic heterocycles. The molecule has 1 saturated heterocycles. The van der Waals surface area contributed by atoms with Crippen LogP contribution in [0.2, 0.25) is 0 Å². The summed E-state index contributed by atoms with van der Waals surface area (Å²) in [6.45, 7) is 18.6. The number of methoxy groups -OCH3 is 1. The first-order valence-corrected chi connectivity index (χ1v) is 31.7. The molecule has 1 unspecified atom stereocenters. The SMILES string of the molecule is CO[C@H]1/C=C/O[C@@]2(C)Oc3c(C)c(O)c4c(c3C2=O)C2=NC3(CCN(CC(C)C)CC3)N(CCC(=O)c3ccc(OCCCC(P(=O)(O)O)P(=O)(O)O)cc3)C2C(=C4O)NC(=O)/C(C)=C\C=C\[C@H](C)[C@H](O)[C@@H](C)[C@@H](O)[C@@H](C)[C@H](OC(C)=O)[C@@H]1C. The van der Waals surface area contributed by atoms with Gasteiger partial charge in [-0.15, -0.1) is 0 Å². The van der Waals surface area contributed by atoms with Crippen LogP contribution >= 0.6 is 15.2 Å². The van der Waals surface area contributed by atoms with Crippen LogP contribution in [-0.2, 0) is 32.9 Å². The second kappa shape index (κ2) is 26.2. The number of phenols is 1. The Balaban J connectivity index is 1.31. The number of piperidine rings is 1. The second-order valence-corrected chi connectivity index (χ2v) is 27.5. The van der Waals surface area contributed by atoms with Gasteiger partial charge in [-0.05, 0) is 75.8 Å². The van der Waals surface area contributed by atoms with Crippen LogP contribution in [0.25, 0.3) is 5.76 Å². The maximum absolute atomic E-state index is 15.3. The Kier molecular flexibility index (Phi) is 20.6. The molecule has 2 aromatic carbocycles. The molecule has 462 valence electrons. The number of ether oxygens (including phenoxy) is 5. The summed E-state index contributed by atoms with van der Waals surface area (Å²) in [6.07, 6.45) is 3.54. The molecule has 10 atom stereocenters. The molecule has 1 fully saturated rings. The van der Waals surface area contributed by atoms with Gasteiger partial charge in [0.1, 0.15) is 34.8 Å². The largest absolute Gasteiger partial charge is 0.507 e. The lowest BCUT2D eigenvalue weighted by atomic mass is 9.78. The predicted octanol–water partition coefficient (Wildman–Crippen LogP) is 6.64. The number of phenolic OH excluding ortho intramolecular Hbond substituents is 1. The van der Waals surface area contributed by atoms with Crippen LogP contribution < -0.4 is 14.8 Å². The Morgan fingerprint density at radius 1 is 0.905 bits per heavy atom. The van der Waals surface area contributed by atoms with E-state index < -0.39 is 122 Å². The number of Topliss-reactive ketones (excluding diaryl/α,β-unsaturated/α-hetero) is 2. The van der Waals surface area contributed by atoms with Crippen LogP contribution in [0.15, 0.2) is 71.1 Å². The van der Waals surface area contributed by atoms with Crippen molar-refractivity contribution >= 4 is 50.1 Å². The number of likely N-dealkylation sites (tertiary alicyclic amines) is 1. The minimum absolute atomic E-state index is 0.00159. The van der Waals surface area contributed by atoms with Crippen LogP contribution in [-0.4, -0.2) is 166 Å². The maximum Gasteiger partial charge on any atom is 0.340 e. The predicted molar refractivity (Wildman–Crippen MR) is 310 cm³/mol. The number of carbonyl (C=O) groups is 4. The third-order valence-electron chi connectivity index (χ3n) is 17.0. The van der Waals surface area contributed by atoms with Crippen LogP contribution in [0, 0.1) is 36.5 Å². The van der Waals surface area contributed by atoms with Crippen LogP contribution in [0.3, 0.4) is 0 Å². The number of nitrogens with zero attached hydrogens (tertiary/aromatic N) is 3. The lowest BCUT2D eigenvalue weighted by molar-refractivity contribution is -0.160. The molecule has 7 rings (SSSR count). The summed E-state index contributed by atoms with van der Waals surface area (Å²) in [5.41, 5.74) is -0.628. The Labute approximate surface area is 489 Å². The number of ketones is 2. The van der Waals surface area contributed by atoms with Gasteiger partial charge in [0.2, 0.25) is 0 Å². The third-order valence-corrected chi connectivity index (χ3v) is 20.8. The smallest absolute Gasteiger partial charge is 0.340 e. The highest BCUT2D eigenvalue weighted by atomic mass is 31.2. The Morgan fingerprint density at radius 3 is 2.14 bits per heavy atom. The molecule has 1 spiro atoms. The fourth-order valence-electron chi connectivity index (χ4n) is 12.2. The van der Waals surface area contributed by atoms with E-state index in [1.165, 1.54) is 70.6 Å². The number of aliphatic hydroxyl groups excluding tert-OH is 3. The van der Waals surface area contributed by atoms with Crippen molar-refractivity contribution in [2.45, 2.75) is 149 Å². The van der Waals surface area contributed by atoms with Gasteiger partial charge >= 0.3 is 26.9 Å². The first-order chi connectivity index (χ1) is 39.3. The molecule has 0 radical (unpaired) electrons. The van der Waals surface area contributed by atoms with Gasteiger partial charge in [-0.1, -0.05) is 59.8 Å². The van der Waals surface area contributed by atoms with Gasteiger partial charge in [0.05, 0.1) is 59.8 Å². The molecule has 9 N–H and O–H groups in total. The van der Waals surface area contributed by atoms with Crippen LogP contribution in [0.1, 0.15) is 132 Å². The molecular weight excluding hydrogens is 1130 g/mol. The minimum atomic E-state index is -5.11. The molecule has 25 heteroatoms. The van der Waals surface area contributed by atoms with Gasteiger partial charge in [-0.3, -0.25) is 38.2 Å². The zero-order valence-corrected chi connectivity index (χ0v) is 51.2. The summed E-state index contributed by atoms with van der Waals surface area (Å²) < 4.78 is 53.5. The fraction of sp³-hybridized carbons (Fsp3) is 0.576. The van der Waals surface area contributed by atoms with Gasteiger partial charge in [-0.2, -0.15) is 0 Å². The van der Waals surface area contributed by atoms with Crippen molar-refractivity contribution in [2.75, 3.05) is 39.9 Å². The van der Waals surface area contributed by atoms with Crippen molar-refractivity contribution in [3.63, 3.8) is 0 Å². The van der Waals surface area contributed by atoms with E-state index in [0.717, 1.165) is 6.54 Å². The molecular formula is C59H82N4O19P2. The molecule has 0 aromatic heterocycles. The summed E-state index contributed by atoms with van der Waals surface area (Å²) in [6, 6.07) is 4.95. The summed E-state index contributed by atoms with van der Waals surface area (Å²) in [4.78, 5) is 105. The minimum Gasteiger partial charge on any atom is -0.507 e. The van der Waals surface area contributed by atoms with Gasteiger partial charge in [-0.25, -0.2) is 0 Å². The van der Waals surface area contributed by atoms with E-state index in [1.54, 1.807) is 46.8 Å². The highest BCUT2D eigenvalue weighted by molar-refractivity contribution is 7.70. The van der Waals surface area contributed by atoms with Crippen molar-refractivity contribution in [2.24, 2.45) is 34.6 Å². The van der Waals surface area contributed by atoms with E-state index in [9.17, 15) is 63.5 Å². The van der Waals surface area contributed by atoms with E-state index in [4.69, 9.17) is 28.7 Å². The van der Waals surface area contributed by atoms with E-state index in [0.29, 0.717) is 31.8 Å². The monoisotopic (exact) mass is 1210 g/mol. The van der Waals surface area contributed by atoms with Crippen molar-refractivity contribution in [3.8, 4) is 17.2 Å². The fourth-order valence-corrected chi connectivity index (χ4v) is 14.8. The molecule has 0 saturated carbocycles. The number of rotatable bonds is 15. The summed E-state index contributed by atoms with van der Waals surface area (Å²) >= 11 is 0. The van der Waals surface area contributed by atoms with E-state index in [2.05, 4.69) is 24.1 Å². The zero-order chi connectivity index (χ0) is 62.1. The van der Waals surface area contributed by atoms with E-state index >= 15 is 4.79 Å². The first-order valence-electron chi connectivity index (χ1n) is 28.4. The van der Waals surface area contributed by atoms with Crippen LogP contribution in [0.5, 0.6) is 17.2 Å². The summed E-state index contributed by atoms with van der Waals surface area (Å²) in [5.74, 6) is -7.52. The highest BCUT2D eigenvalue weighted by Gasteiger charge is 2.58. The number of hydrogen-bond acceptors (Lipinski definition) is 18. The van der Waals surface area contributed by atoms with E-state index in [1.807, 2.05) is 4.90 Å². The van der Waals surface area contributed by atoms with Gasteiger partial charge in [0.15, 0.2) is 11.2 Å². The van der Waals surface area contributed by atoms with Crippen LogP contribution in [0.4, 0.5) is 0 Å². The van der Waals surface area contributed by atoms with Gasteiger partial charge in [0, 0.05) is 99.5 Å². The standard InChI is InChI=1S/C59H82N4O19P2/c1-31(2)30-62-26-23-59(24-27-62)61-47-44-45-52(68)37(8)55-46(44)56(70)58(10,82-55)80-29-22-42(78-11)34(5)54(81-38(9)64)36(7)51(67)35(6)50(66)32(3)14-12-15-33(4)57(71)60-48(53(45)69)49(47)63(59)25-21-41(65)39-17-19-40(20-18-39)79-28-13-16-43(83(72,73)74)84(75,76)77/h12,14-15,17-20,22,29,31-32,34-36,42-43,49-51,54,66-69H,13,16,21,23-28,30H2,1-11H3,(H,60,71)(H2,72,73,74)(H2,75,76,77)/b14-12+,29-22+,33-15-/t32-,34+,35+,36+,42-,49?,50-,51+,54+,58-/m0/s1. The molecule has 23 nitrogen and oxygen atoms in total. The number of aliphatic imine (C=N–C) groups is 1. The maximum atomic E-state index is 15.3. The Hall–Kier alpha value is -5.55. The number of amides is 1. The number of aliphatic hydroxyl groups is 3. The average Bonchev–Trinajstić information content (AvgIpc) is 1.56. The van der Waals surface area contributed by atoms with Crippen molar-refractivity contribution in [1.82, 2.24) is 15.1 Å². The number of esters is 1. The lowest BCUT2D eigenvalue weighted by Crippen LogP contribution is -2.57. The number of hydrogen-bond donors (Lipinski definition) is 9. The molecule has 5 bridgehead atoms. The molecule has 4 heterocycles. The van der Waals surface area contributed by atoms with Crippen molar-refractivity contribution in [1.29, 1.82) is 0 Å². The quantitative estimate of drug-likeness (QED) is 0.0390. The number of carbonyl (C=O) groups excluding carboxylic acids is 4. The first kappa shape index (κ1) is 66.0. The second-order valence-electron chi connectivity index (χ2n) is 23.5. The van der Waals surface area contributed by atoms with Crippen molar-refractivity contribution < 1.29 is 92.0 Å². The molecule has 84 heavy (non-hydrogen) atoms. The average molecular weight is 1210 g/mol. The van der Waals surface area contributed by atoms with E-state index in [-0.39, 0.29) is 88.1 Å². The third kappa shape index (κ3) is 13.8. The molecule has 1 aliphatic carbocycles. The van der Waals surface area contributed by atoms with Gasteiger partial charge < -0.3 is 73.9 Å². The van der Waals surface area contributed by atoms with Gasteiger partial charge in [0.25, 0.3) is 11.7 Å². The molecule has 5 aliphatic rings. The molecule has 2 aromatic rings. The number of fused-ring (bicyclic) bond motifs is 3. The molecule has 1 amide bonds. The summed E-state index contributed by atoms with van der Waals surface area (Å²) in [7, 11) is -8.78. The highest BCUT2D eigenvalue weighted by Crippen LogP contribution is 2.61. The Morgan fingerprint density at radius 2 is 1.55 bits per heavy atom. The number of nitrogens with one attached hydrogen (secondary N) is 1. The number of benzene rings is 2. The summed E-state index contributed by atoms with van der Waals surface area (Å²) in [5, 5.41) is 49.2. The number of allylic oxidation sites excluding steroid dienone is 2. The lowest BCUT2D eigenvalue weighted by Gasteiger charge is -2.45. The normalized spacial score (nSPS) is 29.4. The number of aromatic hydroxyl groups is 1. The topological polar surface area (TPSA) is 341 Å². The Bertz CT molecular complexity index is 3060. The van der Waals surface area contributed by atoms with Crippen molar-refractivity contribution in [3.05, 3.63) is 93.9 Å². The zero-order valence-electron chi connectivity index (χ0n) is 49.4.